The Kier molecular flexibility index (Phi) is 1.45. The standard InChI is InChI=1S/C12H10N2O/c13-7-5-10-12(11(15)6-7)8-3-1-2-4-9(8)14-10/h1-6,14-15H,13H2. The number of aromatic hydroxyl groups is 1. The molecule has 0 aliphatic carbocycles. The van der Waals surface area contributed by atoms with Gasteiger partial charge in [0.05, 0.1) is 5.52 Å². The molecule has 74 valence electrons. The van der Waals surface area contributed by atoms with E-state index in [4.69, 9.17) is 5.73 Å². The molecule has 0 fully saturated rings. The number of hydrogen-bond acceptors (Lipinski definition) is 2. The molecule has 1 aromatic heterocycles. The van der Waals surface area contributed by atoms with Gasteiger partial charge in [0.2, 0.25) is 0 Å². The third-order valence-electron chi connectivity index (χ3n) is 2.61. The first-order chi connectivity index (χ1) is 7.25. The number of H-pyrrole nitrogens is 1. The van der Waals surface area contributed by atoms with Gasteiger partial charge >= 0.3 is 0 Å². The number of hydrogen-bond donors (Lipinski definition) is 3. The van der Waals surface area contributed by atoms with E-state index in [0.29, 0.717) is 5.69 Å². The number of rotatable bonds is 0. The van der Waals surface area contributed by atoms with Crippen LogP contribution in [-0.2, 0) is 0 Å². The molecule has 0 aliphatic heterocycles. The summed E-state index contributed by atoms with van der Waals surface area (Å²) in [5.74, 6) is 0.224. The number of anilines is 1. The average Bonchev–Trinajstić information content (AvgIpc) is 2.54. The summed E-state index contributed by atoms with van der Waals surface area (Å²) in [5.41, 5.74) is 8.11. The summed E-state index contributed by atoms with van der Waals surface area (Å²) >= 11 is 0. The fourth-order valence-corrected chi connectivity index (χ4v) is 1.99. The van der Waals surface area contributed by atoms with Crippen molar-refractivity contribution < 1.29 is 5.11 Å². The highest BCUT2D eigenvalue weighted by Crippen LogP contribution is 2.33. The van der Waals surface area contributed by atoms with E-state index < -0.39 is 0 Å². The SMILES string of the molecule is Nc1cc(O)c2c(c1)[nH]c1ccccc12. The molecule has 0 spiro atoms. The van der Waals surface area contributed by atoms with E-state index in [1.54, 1.807) is 6.07 Å². The van der Waals surface area contributed by atoms with Gasteiger partial charge in [-0.05, 0) is 12.1 Å². The predicted molar refractivity (Wildman–Crippen MR) is 61.9 cm³/mol. The summed E-state index contributed by atoms with van der Waals surface area (Å²) in [6.07, 6.45) is 0. The molecule has 2 aromatic carbocycles. The van der Waals surface area contributed by atoms with Gasteiger partial charge in [0.15, 0.2) is 0 Å². The van der Waals surface area contributed by atoms with Crippen molar-refractivity contribution in [1.29, 1.82) is 0 Å². The van der Waals surface area contributed by atoms with Crippen molar-refractivity contribution in [2.24, 2.45) is 0 Å². The molecule has 0 radical (unpaired) electrons. The highest BCUT2D eigenvalue weighted by atomic mass is 16.3. The largest absolute Gasteiger partial charge is 0.507 e. The van der Waals surface area contributed by atoms with E-state index in [-0.39, 0.29) is 5.75 Å². The number of nitrogen functional groups attached to an aromatic ring is 1. The van der Waals surface area contributed by atoms with Crippen molar-refractivity contribution in [3.63, 3.8) is 0 Å². The Hall–Kier alpha value is -2.16. The molecule has 3 heteroatoms. The van der Waals surface area contributed by atoms with E-state index in [0.717, 1.165) is 21.8 Å². The van der Waals surface area contributed by atoms with E-state index in [1.807, 2.05) is 30.3 Å². The van der Waals surface area contributed by atoms with Crippen molar-refractivity contribution in [3.8, 4) is 5.75 Å². The number of nitrogens with one attached hydrogen (secondary N) is 1. The van der Waals surface area contributed by atoms with Crippen LogP contribution in [-0.4, -0.2) is 10.1 Å². The van der Waals surface area contributed by atoms with E-state index in [1.165, 1.54) is 0 Å². The summed E-state index contributed by atoms with van der Waals surface area (Å²) in [5, 5.41) is 11.7. The summed E-state index contributed by atoms with van der Waals surface area (Å²) < 4.78 is 0. The first-order valence-corrected chi connectivity index (χ1v) is 4.74. The lowest BCUT2D eigenvalue weighted by Crippen LogP contribution is -1.83. The molecule has 3 nitrogen and oxygen atoms in total. The third kappa shape index (κ3) is 1.06. The molecule has 0 atom stereocenters. The maximum absolute atomic E-state index is 9.84. The van der Waals surface area contributed by atoms with Gasteiger partial charge in [-0.1, -0.05) is 18.2 Å². The summed E-state index contributed by atoms with van der Waals surface area (Å²) in [6, 6.07) is 11.3. The lowest BCUT2D eigenvalue weighted by Gasteiger charge is -1.97. The lowest BCUT2D eigenvalue weighted by atomic mass is 10.1. The van der Waals surface area contributed by atoms with Crippen LogP contribution in [0.4, 0.5) is 5.69 Å². The van der Waals surface area contributed by atoms with Crippen LogP contribution in [0.15, 0.2) is 36.4 Å². The summed E-state index contributed by atoms with van der Waals surface area (Å²) in [4.78, 5) is 3.22. The number of fused-ring (bicyclic) bond motifs is 3. The fraction of sp³-hybridized carbons (Fsp3) is 0. The van der Waals surface area contributed by atoms with Gasteiger partial charge in [-0.25, -0.2) is 0 Å². The van der Waals surface area contributed by atoms with Crippen molar-refractivity contribution in [1.82, 2.24) is 4.98 Å². The Balaban J connectivity index is 2.61. The zero-order chi connectivity index (χ0) is 10.4. The smallest absolute Gasteiger partial charge is 0.127 e. The fourth-order valence-electron chi connectivity index (χ4n) is 1.99. The van der Waals surface area contributed by atoms with Gasteiger partial charge in [0.25, 0.3) is 0 Å². The van der Waals surface area contributed by atoms with Crippen LogP contribution in [0.5, 0.6) is 5.75 Å². The quantitative estimate of drug-likeness (QED) is 0.486. The third-order valence-corrected chi connectivity index (χ3v) is 2.61. The highest BCUT2D eigenvalue weighted by molar-refractivity contribution is 6.11. The molecule has 0 amide bonds. The molecule has 0 bridgehead atoms. The Morgan fingerprint density at radius 3 is 2.73 bits per heavy atom. The molecular weight excluding hydrogens is 188 g/mol. The van der Waals surface area contributed by atoms with Crippen molar-refractivity contribution in [2.75, 3.05) is 5.73 Å². The first-order valence-electron chi connectivity index (χ1n) is 4.74. The molecule has 3 aromatic rings. The summed E-state index contributed by atoms with van der Waals surface area (Å²) in [6.45, 7) is 0. The highest BCUT2D eigenvalue weighted by Gasteiger charge is 2.08. The molecule has 4 N–H and O–H groups in total. The van der Waals surface area contributed by atoms with Crippen LogP contribution in [0.1, 0.15) is 0 Å². The number of phenolic OH excluding ortho intramolecular Hbond substituents is 1. The molecule has 0 unspecified atom stereocenters. The molecule has 0 saturated heterocycles. The predicted octanol–water partition coefficient (Wildman–Crippen LogP) is 2.61. The second-order valence-corrected chi connectivity index (χ2v) is 3.63. The van der Waals surface area contributed by atoms with Crippen molar-refractivity contribution in [3.05, 3.63) is 36.4 Å². The van der Waals surface area contributed by atoms with Gasteiger partial charge in [-0.2, -0.15) is 0 Å². The molecule has 0 aliphatic rings. The minimum Gasteiger partial charge on any atom is -0.507 e. The van der Waals surface area contributed by atoms with Crippen LogP contribution >= 0.6 is 0 Å². The molecule has 0 saturated carbocycles. The normalized spacial score (nSPS) is 11.2. The van der Waals surface area contributed by atoms with Crippen LogP contribution < -0.4 is 5.73 Å². The number of aromatic nitrogens is 1. The number of benzene rings is 2. The van der Waals surface area contributed by atoms with E-state index >= 15 is 0 Å². The Labute approximate surface area is 86.1 Å². The zero-order valence-electron chi connectivity index (χ0n) is 7.99. The molecular formula is C12H10N2O. The second-order valence-electron chi connectivity index (χ2n) is 3.63. The zero-order valence-corrected chi connectivity index (χ0v) is 7.99. The van der Waals surface area contributed by atoms with Crippen LogP contribution in [0.2, 0.25) is 0 Å². The van der Waals surface area contributed by atoms with E-state index in [9.17, 15) is 5.11 Å². The van der Waals surface area contributed by atoms with Crippen molar-refractivity contribution in [2.45, 2.75) is 0 Å². The maximum atomic E-state index is 9.84. The Morgan fingerprint density at radius 1 is 1.07 bits per heavy atom. The van der Waals surface area contributed by atoms with Gasteiger partial charge in [-0.15, -0.1) is 0 Å². The maximum Gasteiger partial charge on any atom is 0.127 e. The second kappa shape index (κ2) is 2.67. The number of phenols is 1. The van der Waals surface area contributed by atoms with Gasteiger partial charge < -0.3 is 15.8 Å². The number of aromatic amines is 1. The monoisotopic (exact) mass is 198 g/mol. The lowest BCUT2D eigenvalue weighted by molar-refractivity contribution is 0.482. The van der Waals surface area contributed by atoms with Gasteiger partial charge in [0.1, 0.15) is 5.75 Å². The molecule has 15 heavy (non-hydrogen) atoms. The topological polar surface area (TPSA) is 62.0 Å². The van der Waals surface area contributed by atoms with Crippen LogP contribution in [0.3, 0.4) is 0 Å². The number of para-hydroxylation sites is 1. The number of nitrogens with two attached hydrogens (primary N) is 1. The van der Waals surface area contributed by atoms with Gasteiger partial charge in [0, 0.05) is 28.0 Å². The molecule has 1 heterocycles. The van der Waals surface area contributed by atoms with Gasteiger partial charge in [-0.3, -0.25) is 0 Å². The Morgan fingerprint density at radius 2 is 1.87 bits per heavy atom. The van der Waals surface area contributed by atoms with E-state index in [2.05, 4.69) is 4.98 Å². The average molecular weight is 198 g/mol. The summed E-state index contributed by atoms with van der Waals surface area (Å²) in [7, 11) is 0. The Bertz CT molecular complexity index is 655. The minimum atomic E-state index is 0.224. The van der Waals surface area contributed by atoms with Crippen LogP contribution in [0.25, 0.3) is 21.8 Å². The van der Waals surface area contributed by atoms with Crippen LogP contribution in [0, 0.1) is 0 Å². The molecule has 3 rings (SSSR count). The minimum absolute atomic E-state index is 0.224. The van der Waals surface area contributed by atoms with Crippen molar-refractivity contribution >= 4 is 27.5 Å². The first kappa shape index (κ1) is 8.17.